The van der Waals surface area contributed by atoms with E-state index in [1.54, 1.807) is 9.80 Å². The highest BCUT2D eigenvalue weighted by molar-refractivity contribution is 5.97. The van der Waals surface area contributed by atoms with E-state index in [0.717, 1.165) is 23.4 Å². The Balaban J connectivity index is 2.21. The first kappa shape index (κ1) is 17.9. The molecule has 1 amide bonds. The van der Waals surface area contributed by atoms with Crippen LogP contribution in [0, 0.1) is 18.6 Å². The fourth-order valence-corrected chi connectivity index (χ4v) is 2.66. The van der Waals surface area contributed by atoms with Gasteiger partial charge < -0.3 is 9.80 Å². The monoisotopic (exact) mass is 332 g/mol. The van der Waals surface area contributed by atoms with E-state index < -0.39 is 11.6 Å². The molecule has 3 nitrogen and oxygen atoms in total. The molecule has 2 rings (SSSR count). The van der Waals surface area contributed by atoms with Crippen molar-refractivity contribution in [2.24, 2.45) is 0 Å². The van der Waals surface area contributed by atoms with Gasteiger partial charge >= 0.3 is 0 Å². The van der Waals surface area contributed by atoms with E-state index in [4.69, 9.17) is 0 Å². The molecule has 0 saturated carbocycles. The molecule has 0 radical (unpaired) electrons. The van der Waals surface area contributed by atoms with Crippen LogP contribution in [-0.4, -0.2) is 25.5 Å². The van der Waals surface area contributed by atoms with Gasteiger partial charge in [-0.05, 0) is 44.5 Å². The van der Waals surface area contributed by atoms with Gasteiger partial charge in [0.2, 0.25) is 5.91 Å². The van der Waals surface area contributed by atoms with Crippen molar-refractivity contribution in [3.05, 3.63) is 59.7 Å². The van der Waals surface area contributed by atoms with Gasteiger partial charge in [0.1, 0.15) is 0 Å². The molecular weight excluding hydrogens is 310 g/mol. The third-order valence-corrected chi connectivity index (χ3v) is 4.00. The van der Waals surface area contributed by atoms with Gasteiger partial charge in [0, 0.05) is 30.5 Å². The maximum atomic E-state index is 13.5. The molecule has 0 saturated heterocycles. The van der Waals surface area contributed by atoms with Gasteiger partial charge in [-0.15, -0.1) is 0 Å². The van der Waals surface area contributed by atoms with E-state index in [9.17, 15) is 13.6 Å². The van der Waals surface area contributed by atoms with Gasteiger partial charge in [-0.25, -0.2) is 8.78 Å². The summed E-state index contributed by atoms with van der Waals surface area (Å²) in [5, 5.41) is 0. The summed E-state index contributed by atoms with van der Waals surface area (Å²) in [7, 11) is 0. The number of benzene rings is 2. The van der Waals surface area contributed by atoms with Crippen molar-refractivity contribution in [1.82, 2.24) is 0 Å². The van der Waals surface area contributed by atoms with Crippen molar-refractivity contribution in [2.45, 2.75) is 20.8 Å². The average Bonchev–Trinajstić information content (AvgIpc) is 2.57. The maximum absolute atomic E-state index is 13.5. The normalized spacial score (nSPS) is 10.5. The van der Waals surface area contributed by atoms with Gasteiger partial charge in [-0.2, -0.15) is 0 Å². The molecule has 0 atom stereocenters. The maximum Gasteiger partial charge on any atom is 0.246 e. The molecule has 128 valence electrons. The minimum absolute atomic E-state index is 0.0848. The quantitative estimate of drug-likeness (QED) is 0.793. The lowest BCUT2D eigenvalue weighted by Crippen LogP contribution is -2.41. The molecule has 0 aliphatic rings. The predicted molar refractivity (Wildman–Crippen MR) is 93.5 cm³/mol. The zero-order valence-corrected chi connectivity index (χ0v) is 14.2. The van der Waals surface area contributed by atoms with E-state index in [0.29, 0.717) is 18.8 Å². The molecular formula is C19H22F2N2O. The van der Waals surface area contributed by atoms with Crippen LogP contribution in [0.3, 0.4) is 0 Å². The molecule has 0 spiro atoms. The fraction of sp³-hybridized carbons (Fsp3) is 0.316. The van der Waals surface area contributed by atoms with E-state index >= 15 is 0 Å². The number of para-hydroxylation sites is 1. The molecule has 0 N–H and O–H groups in total. The van der Waals surface area contributed by atoms with Gasteiger partial charge in [0.25, 0.3) is 0 Å². The largest absolute Gasteiger partial charge is 0.362 e. The van der Waals surface area contributed by atoms with Crippen molar-refractivity contribution in [3.63, 3.8) is 0 Å². The lowest BCUT2D eigenvalue weighted by Gasteiger charge is -2.28. The highest BCUT2D eigenvalue weighted by Crippen LogP contribution is 2.21. The summed E-state index contributed by atoms with van der Waals surface area (Å²) in [6.45, 7) is 6.90. The van der Waals surface area contributed by atoms with E-state index in [-0.39, 0.29) is 12.5 Å². The summed E-state index contributed by atoms with van der Waals surface area (Å²) >= 11 is 0. The Hall–Kier alpha value is -2.43. The first-order chi connectivity index (χ1) is 11.5. The number of likely N-dealkylation sites (N-methyl/N-ethyl adjacent to an activating group) is 2. The second-order valence-electron chi connectivity index (χ2n) is 5.54. The predicted octanol–water partition coefficient (Wildman–Crippen LogP) is 4.15. The summed E-state index contributed by atoms with van der Waals surface area (Å²) in [5.41, 5.74) is 2.38. The Labute approximate surface area is 141 Å². The third kappa shape index (κ3) is 3.91. The Morgan fingerprint density at radius 3 is 2.29 bits per heavy atom. The second kappa shape index (κ2) is 7.90. The highest BCUT2D eigenvalue weighted by atomic mass is 19.2. The minimum atomic E-state index is -0.912. The molecule has 0 fully saturated rings. The molecule has 2 aromatic rings. The molecule has 5 heteroatoms. The summed E-state index contributed by atoms with van der Waals surface area (Å²) in [6.07, 6.45) is 0. The number of anilines is 2. The lowest BCUT2D eigenvalue weighted by molar-refractivity contribution is -0.117. The number of hydrogen-bond acceptors (Lipinski definition) is 2. The Morgan fingerprint density at radius 2 is 1.71 bits per heavy atom. The minimum Gasteiger partial charge on any atom is -0.362 e. The number of carbonyl (C=O) groups excluding carboxylic acids is 1. The van der Waals surface area contributed by atoms with E-state index in [2.05, 4.69) is 0 Å². The van der Waals surface area contributed by atoms with Crippen molar-refractivity contribution in [1.29, 1.82) is 0 Å². The van der Waals surface area contributed by atoms with Crippen LogP contribution in [0.1, 0.15) is 19.4 Å². The number of hydrogen-bond donors (Lipinski definition) is 0. The van der Waals surface area contributed by atoms with Gasteiger partial charge in [-0.3, -0.25) is 4.79 Å². The van der Waals surface area contributed by atoms with Crippen molar-refractivity contribution < 1.29 is 13.6 Å². The molecule has 0 aliphatic carbocycles. The van der Waals surface area contributed by atoms with Crippen molar-refractivity contribution in [2.75, 3.05) is 29.4 Å². The smallest absolute Gasteiger partial charge is 0.246 e. The average molecular weight is 332 g/mol. The first-order valence-electron chi connectivity index (χ1n) is 8.03. The first-order valence-corrected chi connectivity index (χ1v) is 8.03. The summed E-state index contributed by atoms with van der Waals surface area (Å²) < 4.78 is 26.6. The lowest BCUT2D eigenvalue weighted by atomic mass is 10.1. The van der Waals surface area contributed by atoms with E-state index in [1.165, 1.54) is 6.07 Å². The van der Waals surface area contributed by atoms with Crippen LogP contribution >= 0.6 is 0 Å². The SMILES string of the molecule is CCN(CC(=O)N(CC)c1ccccc1C)c1ccc(F)c(F)c1. The van der Waals surface area contributed by atoms with E-state index in [1.807, 2.05) is 45.0 Å². The summed E-state index contributed by atoms with van der Waals surface area (Å²) in [6, 6.07) is 11.4. The fourth-order valence-electron chi connectivity index (χ4n) is 2.66. The number of amides is 1. The second-order valence-corrected chi connectivity index (χ2v) is 5.54. The van der Waals surface area contributed by atoms with Crippen LogP contribution in [0.2, 0.25) is 0 Å². The third-order valence-electron chi connectivity index (χ3n) is 4.00. The Morgan fingerprint density at radius 1 is 1.00 bits per heavy atom. The van der Waals surface area contributed by atoms with Crippen molar-refractivity contribution in [3.8, 4) is 0 Å². The molecule has 0 bridgehead atoms. The zero-order valence-electron chi connectivity index (χ0n) is 14.2. The molecule has 0 aliphatic heterocycles. The Bertz CT molecular complexity index is 718. The molecule has 0 aromatic heterocycles. The summed E-state index contributed by atoms with van der Waals surface area (Å²) in [4.78, 5) is 16.2. The number of nitrogens with zero attached hydrogens (tertiary/aromatic N) is 2. The van der Waals surface area contributed by atoms with Crippen LogP contribution in [0.15, 0.2) is 42.5 Å². The van der Waals surface area contributed by atoms with Gasteiger partial charge in [0.05, 0.1) is 6.54 Å². The molecule has 0 unspecified atom stereocenters. The Kier molecular flexibility index (Phi) is 5.90. The standard InChI is InChI=1S/C19H22F2N2O/c1-4-22(15-10-11-16(20)17(21)12-15)13-19(24)23(5-2)18-9-7-6-8-14(18)3/h6-12H,4-5,13H2,1-3H3. The summed E-state index contributed by atoms with van der Waals surface area (Å²) in [5.74, 6) is -1.89. The van der Waals surface area contributed by atoms with Gasteiger partial charge in [0.15, 0.2) is 11.6 Å². The van der Waals surface area contributed by atoms with Crippen LogP contribution in [0.5, 0.6) is 0 Å². The number of aryl methyl sites for hydroxylation is 1. The van der Waals surface area contributed by atoms with Crippen LogP contribution in [0.4, 0.5) is 20.2 Å². The molecule has 2 aromatic carbocycles. The highest BCUT2D eigenvalue weighted by Gasteiger charge is 2.19. The van der Waals surface area contributed by atoms with Crippen LogP contribution in [0.25, 0.3) is 0 Å². The topological polar surface area (TPSA) is 23.6 Å². The number of halogens is 2. The number of carbonyl (C=O) groups is 1. The van der Waals surface area contributed by atoms with Crippen LogP contribution < -0.4 is 9.80 Å². The van der Waals surface area contributed by atoms with Gasteiger partial charge in [-0.1, -0.05) is 18.2 Å². The van der Waals surface area contributed by atoms with Crippen molar-refractivity contribution >= 4 is 17.3 Å². The number of rotatable bonds is 6. The molecule has 0 heterocycles. The molecule has 24 heavy (non-hydrogen) atoms. The zero-order chi connectivity index (χ0) is 17.7. The van der Waals surface area contributed by atoms with Crippen LogP contribution in [-0.2, 0) is 4.79 Å².